The Hall–Kier alpha value is -0.830. The van der Waals surface area contributed by atoms with E-state index < -0.39 is 0 Å². The molecule has 92 valence electrons. The van der Waals surface area contributed by atoms with Crippen LogP contribution in [0, 0.1) is 13.8 Å². The van der Waals surface area contributed by atoms with E-state index in [1.54, 1.807) is 22.7 Å². The number of hydrogen-bond donors (Lipinski definition) is 0. The summed E-state index contributed by atoms with van der Waals surface area (Å²) in [6.45, 7) is 4.30. The highest BCUT2D eigenvalue weighted by Gasteiger charge is 2.17. The van der Waals surface area contributed by atoms with Crippen LogP contribution in [0.15, 0.2) is 35.7 Å². The first-order valence-electron chi connectivity index (χ1n) is 5.84. The number of rotatable bonds is 2. The lowest BCUT2D eigenvalue weighted by Crippen LogP contribution is -1.87. The van der Waals surface area contributed by atoms with E-state index in [1.165, 1.54) is 31.0 Å². The number of thiophene rings is 2. The van der Waals surface area contributed by atoms with Crippen LogP contribution < -0.4 is 0 Å². The Bertz CT molecular complexity index is 674. The van der Waals surface area contributed by atoms with Crippen LogP contribution in [0.5, 0.6) is 0 Å². The quantitative estimate of drug-likeness (QED) is 0.515. The van der Waals surface area contributed by atoms with Crippen molar-refractivity contribution in [2.24, 2.45) is 0 Å². The number of halogens is 1. The normalized spacial score (nSPS) is 13.1. The summed E-state index contributed by atoms with van der Waals surface area (Å²) in [5.74, 6) is 0. The fourth-order valence-electron chi connectivity index (χ4n) is 2.07. The van der Waals surface area contributed by atoms with Crippen LogP contribution in [0.4, 0.5) is 0 Å². The summed E-state index contributed by atoms with van der Waals surface area (Å²) in [5.41, 5.74) is 2.57. The van der Waals surface area contributed by atoms with Gasteiger partial charge in [-0.15, -0.1) is 34.3 Å². The summed E-state index contributed by atoms with van der Waals surface area (Å²) in [4.78, 5) is 2.60. The fraction of sp³-hybridized carbons (Fsp3) is 0.200. The number of fused-ring (bicyclic) bond motifs is 1. The van der Waals surface area contributed by atoms with E-state index >= 15 is 0 Å². The molecule has 0 bridgehead atoms. The molecule has 0 aliphatic heterocycles. The molecule has 0 spiro atoms. The summed E-state index contributed by atoms with van der Waals surface area (Å²) in [6, 6.07) is 10.7. The standard InChI is InChI=1S/C15H13ClS2/c1-9-7-14(18-10(9)2)15(16)12-8-17-13-6-4-3-5-11(12)13/h3-8,15H,1-2H3. The van der Waals surface area contributed by atoms with Crippen LogP contribution in [-0.4, -0.2) is 0 Å². The van der Waals surface area contributed by atoms with Crippen LogP contribution in [0.1, 0.15) is 26.3 Å². The number of hydrogen-bond acceptors (Lipinski definition) is 2. The van der Waals surface area contributed by atoms with Crippen LogP contribution >= 0.6 is 34.3 Å². The van der Waals surface area contributed by atoms with Crippen LogP contribution in [-0.2, 0) is 0 Å². The van der Waals surface area contributed by atoms with E-state index in [4.69, 9.17) is 11.6 Å². The summed E-state index contributed by atoms with van der Waals surface area (Å²) < 4.78 is 1.31. The Morgan fingerprint density at radius 3 is 2.67 bits per heavy atom. The highest BCUT2D eigenvalue weighted by atomic mass is 35.5. The largest absolute Gasteiger partial charge is 0.143 e. The van der Waals surface area contributed by atoms with Gasteiger partial charge in [0.05, 0.1) is 5.38 Å². The Kier molecular flexibility index (Phi) is 3.18. The monoisotopic (exact) mass is 292 g/mol. The van der Waals surface area contributed by atoms with E-state index in [1.807, 2.05) is 0 Å². The highest BCUT2D eigenvalue weighted by molar-refractivity contribution is 7.17. The third-order valence-corrected chi connectivity index (χ3v) is 6.02. The van der Waals surface area contributed by atoms with E-state index in [2.05, 4.69) is 49.6 Å². The minimum atomic E-state index is -0.0291. The summed E-state index contributed by atoms with van der Waals surface area (Å²) in [6.07, 6.45) is 0. The van der Waals surface area contributed by atoms with Crippen molar-refractivity contribution in [1.29, 1.82) is 0 Å². The lowest BCUT2D eigenvalue weighted by Gasteiger charge is -2.05. The van der Waals surface area contributed by atoms with Gasteiger partial charge in [0, 0.05) is 14.5 Å². The van der Waals surface area contributed by atoms with Gasteiger partial charge in [-0.1, -0.05) is 18.2 Å². The summed E-state index contributed by atoms with van der Waals surface area (Å²) in [7, 11) is 0. The van der Waals surface area contributed by atoms with Crippen molar-refractivity contribution in [3.8, 4) is 0 Å². The second-order valence-corrected chi connectivity index (χ2v) is 7.07. The van der Waals surface area contributed by atoms with Crippen LogP contribution in [0.2, 0.25) is 0 Å². The van der Waals surface area contributed by atoms with Gasteiger partial charge in [-0.3, -0.25) is 0 Å². The molecule has 0 saturated carbocycles. The van der Waals surface area contributed by atoms with Crippen molar-refractivity contribution in [3.63, 3.8) is 0 Å². The molecule has 2 aromatic heterocycles. The molecular weight excluding hydrogens is 280 g/mol. The van der Waals surface area contributed by atoms with Gasteiger partial charge in [0.1, 0.15) is 0 Å². The third kappa shape index (κ3) is 1.99. The maximum Gasteiger partial charge on any atom is 0.0941 e. The van der Waals surface area contributed by atoms with Crippen molar-refractivity contribution >= 4 is 44.4 Å². The van der Waals surface area contributed by atoms with Gasteiger partial charge in [0.15, 0.2) is 0 Å². The minimum absolute atomic E-state index is 0.0291. The van der Waals surface area contributed by atoms with Crippen molar-refractivity contribution < 1.29 is 0 Å². The molecule has 0 radical (unpaired) electrons. The molecular formula is C15H13ClS2. The zero-order valence-corrected chi connectivity index (χ0v) is 12.6. The Morgan fingerprint density at radius 1 is 1.17 bits per heavy atom. The van der Waals surface area contributed by atoms with E-state index in [0.29, 0.717) is 0 Å². The molecule has 3 rings (SSSR count). The average molecular weight is 293 g/mol. The van der Waals surface area contributed by atoms with Gasteiger partial charge in [0.25, 0.3) is 0 Å². The predicted octanol–water partition coefficient (Wildman–Crippen LogP) is 5.91. The zero-order chi connectivity index (χ0) is 12.7. The first-order chi connectivity index (χ1) is 8.66. The van der Waals surface area contributed by atoms with Gasteiger partial charge in [-0.25, -0.2) is 0 Å². The molecule has 0 N–H and O–H groups in total. The summed E-state index contributed by atoms with van der Waals surface area (Å²) >= 11 is 10.2. The maximum absolute atomic E-state index is 6.65. The van der Waals surface area contributed by atoms with E-state index in [0.717, 1.165) is 0 Å². The molecule has 3 aromatic rings. The van der Waals surface area contributed by atoms with Gasteiger partial charge < -0.3 is 0 Å². The van der Waals surface area contributed by atoms with Crippen molar-refractivity contribution in [3.05, 3.63) is 56.6 Å². The molecule has 1 atom stereocenters. The molecule has 0 fully saturated rings. The maximum atomic E-state index is 6.65. The van der Waals surface area contributed by atoms with Gasteiger partial charge in [0.2, 0.25) is 0 Å². The molecule has 0 aliphatic carbocycles. The van der Waals surface area contributed by atoms with Gasteiger partial charge in [-0.05, 0) is 47.9 Å². The Balaban J connectivity index is 2.09. The molecule has 1 unspecified atom stereocenters. The summed E-state index contributed by atoms with van der Waals surface area (Å²) in [5, 5.41) is 3.44. The van der Waals surface area contributed by atoms with E-state index in [9.17, 15) is 0 Å². The molecule has 0 saturated heterocycles. The average Bonchev–Trinajstić information content (AvgIpc) is 2.93. The highest BCUT2D eigenvalue weighted by Crippen LogP contribution is 2.40. The second-order valence-electron chi connectivity index (χ2n) is 4.44. The molecule has 3 heteroatoms. The van der Waals surface area contributed by atoms with Gasteiger partial charge in [-0.2, -0.15) is 0 Å². The SMILES string of the molecule is Cc1cc(C(Cl)c2csc3ccccc23)sc1C. The van der Waals surface area contributed by atoms with Gasteiger partial charge >= 0.3 is 0 Å². The van der Waals surface area contributed by atoms with Crippen molar-refractivity contribution in [1.82, 2.24) is 0 Å². The zero-order valence-electron chi connectivity index (χ0n) is 10.2. The minimum Gasteiger partial charge on any atom is -0.143 e. The number of aryl methyl sites for hydroxylation is 2. The molecule has 0 nitrogen and oxygen atoms in total. The van der Waals surface area contributed by atoms with Crippen molar-refractivity contribution in [2.75, 3.05) is 0 Å². The molecule has 1 aromatic carbocycles. The fourth-order valence-corrected chi connectivity index (χ4v) is 4.55. The lowest BCUT2D eigenvalue weighted by molar-refractivity contribution is 1.22. The number of benzene rings is 1. The molecule has 0 amide bonds. The number of alkyl halides is 1. The van der Waals surface area contributed by atoms with E-state index in [-0.39, 0.29) is 5.38 Å². The first kappa shape index (κ1) is 12.2. The lowest BCUT2D eigenvalue weighted by atomic mass is 10.1. The topological polar surface area (TPSA) is 0 Å². The molecule has 2 heterocycles. The molecule has 0 aliphatic rings. The Morgan fingerprint density at radius 2 is 1.94 bits per heavy atom. The first-order valence-corrected chi connectivity index (χ1v) is 7.97. The van der Waals surface area contributed by atoms with Crippen molar-refractivity contribution in [2.45, 2.75) is 19.2 Å². The van der Waals surface area contributed by atoms with Crippen LogP contribution in [0.25, 0.3) is 10.1 Å². The predicted molar refractivity (Wildman–Crippen MR) is 83.3 cm³/mol. The smallest absolute Gasteiger partial charge is 0.0941 e. The Labute approximate surface area is 120 Å². The molecule has 18 heavy (non-hydrogen) atoms. The van der Waals surface area contributed by atoms with Crippen LogP contribution in [0.3, 0.4) is 0 Å². The second kappa shape index (κ2) is 4.69. The third-order valence-electron chi connectivity index (χ3n) is 3.22.